The molecule has 1 N–H and O–H groups in total. The highest BCUT2D eigenvalue weighted by molar-refractivity contribution is 6.32. The second kappa shape index (κ2) is 5.27. The number of rotatable bonds is 2. The molecule has 6 heteroatoms. The smallest absolute Gasteiger partial charge is 0.335 e. The molecule has 2 aromatic carbocycles. The molecule has 0 saturated heterocycles. The first-order chi connectivity index (χ1) is 10.5. The van der Waals surface area contributed by atoms with Crippen LogP contribution in [0.3, 0.4) is 0 Å². The molecule has 0 unspecified atom stereocenters. The molecular weight excluding hydrogens is 304 g/mol. The van der Waals surface area contributed by atoms with Gasteiger partial charge < -0.3 is 5.11 Å². The van der Waals surface area contributed by atoms with Crippen molar-refractivity contribution in [3.8, 4) is 5.69 Å². The number of carboxylic acids is 1. The van der Waals surface area contributed by atoms with E-state index in [0.29, 0.717) is 27.4 Å². The summed E-state index contributed by atoms with van der Waals surface area (Å²) in [5.74, 6) is -0.621. The number of halogens is 1. The van der Waals surface area contributed by atoms with Crippen LogP contribution in [0.25, 0.3) is 16.6 Å². The molecule has 1 heterocycles. The van der Waals surface area contributed by atoms with Gasteiger partial charge in [-0.25, -0.2) is 9.78 Å². The number of carbonyl (C=O) groups is 1. The largest absolute Gasteiger partial charge is 0.478 e. The zero-order chi connectivity index (χ0) is 15.9. The molecule has 0 aliphatic carbocycles. The molecule has 0 aliphatic heterocycles. The normalized spacial score (nSPS) is 10.8. The number of nitrogens with zero attached hydrogens (tertiary/aromatic N) is 2. The van der Waals surface area contributed by atoms with Crippen molar-refractivity contribution >= 4 is 28.5 Å². The fourth-order valence-electron chi connectivity index (χ4n) is 2.35. The number of carboxylic acid groups (broad SMARTS) is 1. The molecule has 5 nitrogen and oxygen atoms in total. The Morgan fingerprint density at radius 2 is 1.95 bits per heavy atom. The predicted octanol–water partition coefficient (Wildman–Crippen LogP) is 3.05. The SMILES string of the molecule is Cc1nc2cc(C(=O)O)ccc2c(=O)n1-c1ccccc1Cl. The number of hydrogen-bond acceptors (Lipinski definition) is 3. The van der Waals surface area contributed by atoms with Gasteiger partial charge in [0.1, 0.15) is 5.82 Å². The first-order valence-corrected chi connectivity index (χ1v) is 6.88. The van der Waals surface area contributed by atoms with Gasteiger partial charge in [0.25, 0.3) is 5.56 Å². The van der Waals surface area contributed by atoms with E-state index in [9.17, 15) is 9.59 Å². The van der Waals surface area contributed by atoms with Gasteiger partial charge in [0.05, 0.1) is 27.2 Å². The summed E-state index contributed by atoms with van der Waals surface area (Å²) in [6.07, 6.45) is 0. The van der Waals surface area contributed by atoms with Crippen LogP contribution in [0.4, 0.5) is 0 Å². The quantitative estimate of drug-likeness (QED) is 0.789. The van der Waals surface area contributed by atoms with E-state index in [4.69, 9.17) is 16.7 Å². The van der Waals surface area contributed by atoms with Crippen LogP contribution in [0, 0.1) is 6.92 Å². The molecule has 110 valence electrons. The molecule has 0 spiro atoms. The third-order valence-corrected chi connectivity index (χ3v) is 3.70. The summed E-state index contributed by atoms with van der Waals surface area (Å²) < 4.78 is 1.42. The molecule has 1 aromatic heterocycles. The Hall–Kier alpha value is -2.66. The summed E-state index contributed by atoms with van der Waals surface area (Å²) in [5.41, 5.74) is 0.705. The van der Waals surface area contributed by atoms with Crippen LogP contribution in [0.15, 0.2) is 47.3 Å². The van der Waals surface area contributed by atoms with Crippen molar-refractivity contribution in [1.29, 1.82) is 0 Å². The highest BCUT2D eigenvalue weighted by Gasteiger charge is 2.13. The van der Waals surface area contributed by atoms with E-state index >= 15 is 0 Å². The zero-order valence-corrected chi connectivity index (χ0v) is 12.3. The maximum absolute atomic E-state index is 12.7. The van der Waals surface area contributed by atoms with Crippen molar-refractivity contribution < 1.29 is 9.90 Å². The summed E-state index contributed by atoms with van der Waals surface area (Å²) in [7, 11) is 0. The number of aryl methyl sites for hydroxylation is 1. The van der Waals surface area contributed by atoms with Gasteiger partial charge >= 0.3 is 5.97 Å². The Morgan fingerprint density at radius 1 is 1.23 bits per heavy atom. The number of fused-ring (bicyclic) bond motifs is 1. The van der Waals surface area contributed by atoms with Crippen molar-refractivity contribution in [3.05, 3.63) is 69.2 Å². The Bertz CT molecular complexity index is 963. The van der Waals surface area contributed by atoms with Gasteiger partial charge in [-0.15, -0.1) is 0 Å². The molecule has 22 heavy (non-hydrogen) atoms. The van der Waals surface area contributed by atoms with Gasteiger partial charge in [-0.2, -0.15) is 0 Å². The maximum Gasteiger partial charge on any atom is 0.335 e. The van der Waals surface area contributed by atoms with Gasteiger partial charge in [0.2, 0.25) is 0 Å². The molecule has 0 aliphatic rings. The van der Waals surface area contributed by atoms with Crippen molar-refractivity contribution in [2.75, 3.05) is 0 Å². The highest BCUT2D eigenvalue weighted by Crippen LogP contribution is 2.21. The molecule has 0 saturated carbocycles. The van der Waals surface area contributed by atoms with Crippen LogP contribution < -0.4 is 5.56 Å². The number of aromatic nitrogens is 2. The minimum absolute atomic E-state index is 0.0919. The highest BCUT2D eigenvalue weighted by atomic mass is 35.5. The predicted molar refractivity (Wildman–Crippen MR) is 84.0 cm³/mol. The van der Waals surface area contributed by atoms with E-state index in [0.717, 1.165) is 0 Å². The van der Waals surface area contributed by atoms with Crippen LogP contribution in [-0.4, -0.2) is 20.6 Å². The topological polar surface area (TPSA) is 72.2 Å². The molecule has 3 rings (SSSR count). The lowest BCUT2D eigenvalue weighted by Crippen LogP contribution is -2.22. The summed E-state index contributed by atoms with van der Waals surface area (Å²) in [5, 5.41) is 9.81. The minimum Gasteiger partial charge on any atom is -0.478 e. The van der Waals surface area contributed by atoms with Crippen LogP contribution in [0.5, 0.6) is 0 Å². The average Bonchev–Trinajstić information content (AvgIpc) is 2.48. The van der Waals surface area contributed by atoms with E-state index in [1.807, 2.05) is 0 Å². The van der Waals surface area contributed by atoms with Gasteiger partial charge in [-0.1, -0.05) is 23.7 Å². The third kappa shape index (κ3) is 2.25. The zero-order valence-electron chi connectivity index (χ0n) is 11.6. The number of benzene rings is 2. The van der Waals surface area contributed by atoms with E-state index in [1.54, 1.807) is 31.2 Å². The number of para-hydroxylation sites is 1. The van der Waals surface area contributed by atoms with E-state index < -0.39 is 5.97 Å². The fraction of sp³-hybridized carbons (Fsp3) is 0.0625. The van der Waals surface area contributed by atoms with Crippen molar-refractivity contribution in [3.63, 3.8) is 0 Å². The molecule has 0 amide bonds. The van der Waals surface area contributed by atoms with Gasteiger partial charge in [-0.05, 0) is 37.3 Å². The van der Waals surface area contributed by atoms with Crippen molar-refractivity contribution in [1.82, 2.24) is 9.55 Å². The van der Waals surface area contributed by atoms with Crippen LogP contribution in [0.1, 0.15) is 16.2 Å². The number of hydrogen-bond donors (Lipinski definition) is 1. The summed E-state index contributed by atoms with van der Waals surface area (Å²) in [4.78, 5) is 28.1. The number of aromatic carboxylic acids is 1. The van der Waals surface area contributed by atoms with Crippen LogP contribution >= 0.6 is 11.6 Å². The Balaban J connectivity index is 2.35. The van der Waals surface area contributed by atoms with E-state index in [2.05, 4.69) is 4.98 Å². The summed E-state index contributed by atoms with van der Waals surface area (Å²) in [6.45, 7) is 1.68. The molecule has 0 fully saturated rings. The van der Waals surface area contributed by atoms with E-state index in [1.165, 1.54) is 22.8 Å². The van der Waals surface area contributed by atoms with Gasteiger partial charge in [0, 0.05) is 0 Å². The average molecular weight is 315 g/mol. The molecular formula is C16H11ClN2O3. The van der Waals surface area contributed by atoms with Crippen LogP contribution in [0.2, 0.25) is 5.02 Å². The molecule has 0 atom stereocenters. The van der Waals surface area contributed by atoms with Crippen molar-refractivity contribution in [2.45, 2.75) is 6.92 Å². The minimum atomic E-state index is -1.06. The van der Waals surface area contributed by atoms with Crippen LogP contribution in [-0.2, 0) is 0 Å². The summed E-state index contributed by atoms with van der Waals surface area (Å²) in [6, 6.07) is 11.2. The molecule has 0 bridgehead atoms. The Labute approximate surface area is 130 Å². The lowest BCUT2D eigenvalue weighted by Gasteiger charge is -2.12. The van der Waals surface area contributed by atoms with E-state index in [-0.39, 0.29) is 11.1 Å². The second-order valence-electron chi connectivity index (χ2n) is 4.79. The first-order valence-electron chi connectivity index (χ1n) is 6.50. The lowest BCUT2D eigenvalue weighted by molar-refractivity contribution is 0.0697. The Morgan fingerprint density at radius 3 is 2.64 bits per heavy atom. The summed E-state index contributed by atoms with van der Waals surface area (Å²) >= 11 is 6.16. The van der Waals surface area contributed by atoms with Gasteiger partial charge in [0.15, 0.2) is 0 Å². The lowest BCUT2D eigenvalue weighted by atomic mass is 10.1. The molecule has 0 radical (unpaired) electrons. The first kappa shape index (κ1) is 14.3. The van der Waals surface area contributed by atoms with Gasteiger partial charge in [-0.3, -0.25) is 9.36 Å². The standard InChI is InChI=1S/C16H11ClN2O3/c1-9-18-13-8-10(16(21)22)6-7-11(13)15(20)19(9)14-5-3-2-4-12(14)17/h2-8H,1H3,(H,21,22). The maximum atomic E-state index is 12.7. The second-order valence-corrected chi connectivity index (χ2v) is 5.20. The third-order valence-electron chi connectivity index (χ3n) is 3.38. The van der Waals surface area contributed by atoms with Crippen molar-refractivity contribution in [2.24, 2.45) is 0 Å². The Kier molecular flexibility index (Phi) is 3.42. The fourth-order valence-corrected chi connectivity index (χ4v) is 2.57. The monoisotopic (exact) mass is 314 g/mol. The molecule has 3 aromatic rings.